The highest BCUT2D eigenvalue weighted by Gasteiger charge is 2.48. The van der Waals surface area contributed by atoms with E-state index in [1.165, 1.54) is 23.8 Å². The average molecular weight is 292 g/mol. The van der Waals surface area contributed by atoms with Gasteiger partial charge in [0.1, 0.15) is 12.0 Å². The molecule has 21 heavy (non-hydrogen) atoms. The van der Waals surface area contributed by atoms with Crippen molar-refractivity contribution >= 4 is 0 Å². The third kappa shape index (κ3) is 3.20. The monoisotopic (exact) mass is 292 g/mol. The van der Waals surface area contributed by atoms with Gasteiger partial charge in [-0.05, 0) is 37.3 Å². The fourth-order valence-electron chi connectivity index (χ4n) is 3.51. The standard InChI is InChI=1S/C19H26F2/c1-3-5-14-19(17(20)8-6-9-18(19)21)16-12-10-15(7-4-2)11-13-16/h6,8-12,16-17H,3-5,7,13-14H2,1-2H3. The van der Waals surface area contributed by atoms with Crippen LogP contribution >= 0.6 is 0 Å². The smallest absolute Gasteiger partial charge is 0.131 e. The van der Waals surface area contributed by atoms with E-state index in [9.17, 15) is 8.78 Å². The molecule has 2 aliphatic carbocycles. The van der Waals surface area contributed by atoms with Crippen molar-refractivity contribution in [2.24, 2.45) is 11.3 Å². The molecule has 0 N–H and O–H groups in total. The summed E-state index contributed by atoms with van der Waals surface area (Å²) >= 11 is 0. The molecule has 0 saturated carbocycles. The molecule has 116 valence electrons. The first-order valence-corrected chi connectivity index (χ1v) is 8.21. The van der Waals surface area contributed by atoms with Gasteiger partial charge in [-0.1, -0.05) is 63.0 Å². The fraction of sp³-hybridized carbons (Fsp3) is 0.579. The van der Waals surface area contributed by atoms with Crippen molar-refractivity contribution < 1.29 is 8.78 Å². The van der Waals surface area contributed by atoms with Crippen LogP contribution in [0.2, 0.25) is 0 Å². The first kappa shape index (κ1) is 16.2. The second kappa shape index (κ2) is 7.20. The SMILES string of the molecule is CCCCC1(C2C=CC(CCC)=CC2)C(F)=CC=CC1F. The Morgan fingerprint density at radius 1 is 1.24 bits per heavy atom. The van der Waals surface area contributed by atoms with Crippen LogP contribution in [0, 0.1) is 11.3 Å². The van der Waals surface area contributed by atoms with Crippen LogP contribution in [0.1, 0.15) is 52.4 Å². The summed E-state index contributed by atoms with van der Waals surface area (Å²) in [5.41, 5.74) is 0.306. The van der Waals surface area contributed by atoms with Gasteiger partial charge in [-0.2, -0.15) is 0 Å². The van der Waals surface area contributed by atoms with E-state index >= 15 is 0 Å². The minimum absolute atomic E-state index is 0.0825. The predicted octanol–water partition coefficient (Wildman–Crippen LogP) is 6.23. The van der Waals surface area contributed by atoms with Gasteiger partial charge in [0.2, 0.25) is 0 Å². The van der Waals surface area contributed by atoms with Crippen molar-refractivity contribution in [3.8, 4) is 0 Å². The molecule has 0 heterocycles. The summed E-state index contributed by atoms with van der Waals surface area (Å²) in [5, 5.41) is 0. The maximum absolute atomic E-state index is 14.7. The molecule has 2 heteroatoms. The molecule has 0 spiro atoms. The number of rotatable bonds is 6. The van der Waals surface area contributed by atoms with Crippen molar-refractivity contribution in [2.45, 2.75) is 58.5 Å². The molecule has 0 aromatic heterocycles. The number of allylic oxidation sites excluding steroid dienone is 8. The molecule has 0 saturated heterocycles. The summed E-state index contributed by atoms with van der Waals surface area (Å²) in [6.07, 6.45) is 14.8. The second-order valence-corrected chi connectivity index (χ2v) is 6.18. The van der Waals surface area contributed by atoms with E-state index in [1.54, 1.807) is 0 Å². The van der Waals surface area contributed by atoms with E-state index in [0.717, 1.165) is 32.1 Å². The average Bonchev–Trinajstić information content (AvgIpc) is 2.49. The maximum atomic E-state index is 14.7. The lowest BCUT2D eigenvalue weighted by Crippen LogP contribution is -2.40. The van der Waals surface area contributed by atoms with E-state index in [0.29, 0.717) is 6.42 Å². The second-order valence-electron chi connectivity index (χ2n) is 6.18. The van der Waals surface area contributed by atoms with Gasteiger partial charge >= 0.3 is 0 Å². The minimum atomic E-state index is -1.23. The zero-order valence-electron chi connectivity index (χ0n) is 13.1. The van der Waals surface area contributed by atoms with Crippen LogP contribution in [0.5, 0.6) is 0 Å². The molecular formula is C19H26F2. The van der Waals surface area contributed by atoms with Gasteiger partial charge in [0.25, 0.3) is 0 Å². The Kier molecular flexibility index (Phi) is 5.55. The molecule has 0 radical (unpaired) electrons. The van der Waals surface area contributed by atoms with Crippen molar-refractivity contribution in [2.75, 3.05) is 0 Å². The van der Waals surface area contributed by atoms with E-state index in [4.69, 9.17) is 0 Å². The lowest BCUT2D eigenvalue weighted by molar-refractivity contribution is 0.0867. The summed E-state index contributed by atoms with van der Waals surface area (Å²) in [6, 6.07) is 0. The number of halogens is 2. The third-order valence-electron chi connectivity index (χ3n) is 4.78. The zero-order valence-corrected chi connectivity index (χ0v) is 13.1. The van der Waals surface area contributed by atoms with Gasteiger partial charge in [0.15, 0.2) is 0 Å². The van der Waals surface area contributed by atoms with Gasteiger partial charge < -0.3 is 0 Å². The van der Waals surface area contributed by atoms with E-state index in [1.807, 2.05) is 6.08 Å². The lowest BCUT2D eigenvalue weighted by Gasteiger charge is -2.42. The first-order chi connectivity index (χ1) is 10.1. The Balaban J connectivity index is 2.24. The maximum Gasteiger partial charge on any atom is 0.131 e. The Morgan fingerprint density at radius 3 is 2.62 bits per heavy atom. The molecule has 0 amide bonds. The van der Waals surface area contributed by atoms with Crippen molar-refractivity contribution in [1.82, 2.24) is 0 Å². The topological polar surface area (TPSA) is 0 Å². The van der Waals surface area contributed by atoms with Crippen LogP contribution in [0.3, 0.4) is 0 Å². The Labute approximate surface area is 127 Å². The minimum Gasteiger partial charge on any atom is -0.242 e. The number of alkyl halides is 1. The molecule has 3 unspecified atom stereocenters. The molecule has 0 aromatic carbocycles. The molecular weight excluding hydrogens is 266 g/mol. The number of unbranched alkanes of at least 4 members (excludes halogenated alkanes) is 1. The van der Waals surface area contributed by atoms with E-state index in [-0.39, 0.29) is 11.7 Å². The number of hydrogen-bond acceptors (Lipinski definition) is 0. The molecule has 0 aromatic rings. The highest BCUT2D eigenvalue weighted by atomic mass is 19.1. The fourth-order valence-corrected chi connectivity index (χ4v) is 3.51. The van der Waals surface area contributed by atoms with Crippen molar-refractivity contribution in [3.05, 3.63) is 47.9 Å². The highest BCUT2D eigenvalue weighted by molar-refractivity contribution is 5.33. The molecule has 0 fully saturated rings. The largest absolute Gasteiger partial charge is 0.242 e. The quantitative estimate of drug-likeness (QED) is 0.544. The zero-order chi connectivity index (χ0) is 15.3. The van der Waals surface area contributed by atoms with Gasteiger partial charge in [-0.25, -0.2) is 8.78 Å². The molecule has 0 bridgehead atoms. The van der Waals surface area contributed by atoms with Gasteiger partial charge in [0.05, 0.1) is 5.41 Å². The molecule has 2 aliphatic rings. The molecule has 0 aliphatic heterocycles. The number of hydrogen-bond donors (Lipinski definition) is 0. The van der Waals surface area contributed by atoms with Crippen LogP contribution in [0.15, 0.2) is 47.9 Å². The van der Waals surface area contributed by atoms with E-state index in [2.05, 4.69) is 26.0 Å². The summed E-state index contributed by atoms with van der Waals surface area (Å²) in [6.45, 7) is 4.21. The van der Waals surface area contributed by atoms with Crippen LogP contribution < -0.4 is 0 Å². The van der Waals surface area contributed by atoms with E-state index < -0.39 is 11.6 Å². The predicted molar refractivity (Wildman–Crippen MR) is 85.4 cm³/mol. The van der Waals surface area contributed by atoms with Gasteiger partial charge in [0, 0.05) is 0 Å². The summed E-state index contributed by atoms with van der Waals surface area (Å²) < 4.78 is 29.3. The molecule has 0 nitrogen and oxygen atoms in total. The van der Waals surface area contributed by atoms with Gasteiger partial charge in [-0.15, -0.1) is 0 Å². The van der Waals surface area contributed by atoms with Crippen LogP contribution in [-0.4, -0.2) is 6.17 Å². The normalized spacial score (nSPS) is 32.0. The molecule has 3 atom stereocenters. The first-order valence-electron chi connectivity index (χ1n) is 8.21. The van der Waals surface area contributed by atoms with Crippen LogP contribution in [0.25, 0.3) is 0 Å². The molecule has 2 rings (SSSR count). The summed E-state index contributed by atoms with van der Waals surface area (Å²) in [4.78, 5) is 0. The van der Waals surface area contributed by atoms with Crippen molar-refractivity contribution in [3.63, 3.8) is 0 Å². The lowest BCUT2D eigenvalue weighted by atomic mass is 9.64. The van der Waals surface area contributed by atoms with Gasteiger partial charge in [-0.3, -0.25) is 0 Å². The summed E-state index contributed by atoms with van der Waals surface area (Å²) in [7, 11) is 0. The summed E-state index contributed by atoms with van der Waals surface area (Å²) in [5.74, 6) is -0.367. The Bertz CT molecular complexity index is 470. The Morgan fingerprint density at radius 2 is 2.05 bits per heavy atom. The Hall–Kier alpha value is -1.18. The van der Waals surface area contributed by atoms with Crippen molar-refractivity contribution in [1.29, 1.82) is 0 Å². The van der Waals surface area contributed by atoms with Crippen LogP contribution in [-0.2, 0) is 0 Å². The highest BCUT2D eigenvalue weighted by Crippen LogP contribution is 2.51. The third-order valence-corrected chi connectivity index (χ3v) is 4.78. The van der Waals surface area contributed by atoms with Crippen LogP contribution in [0.4, 0.5) is 8.78 Å².